The van der Waals surface area contributed by atoms with E-state index in [1.165, 1.54) is 5.56 Å². The van der Waals surface area contributed by atoms with Crippen molar-refractivity contribution < 1.29 is 13.7 Å². The van der Waals surface area contributed by atoms with Gasteiger partial charge in [0.1, 0.15) is 0 Å². The highest BCUT2D eigenvalue weighted by Gasteiger charge is 2.10. The fourth-order valence-electron chi connectivity index (χ4n) is 1.40. The van der Waals surface area contributed by atoms with Crippen molar-refractivity contribution in [1.29, 1.82) is 0 Å². The molecule has 0 amide bonds. The zero-order valence-corrected chi connectivity index (χ0v) is 11.1. The van der Waals surface area contributed by atoms with Crippen LogP contribution in [-0.2, 0) is 22.0 Å². The molecular formula is C13H18O3S. The Labute approximate surface area is 105 Å². The fourth-order valence-corrected chi connectivity index (χ4v) is 2.36. The maximum Gasteiger partial charge on any atom is 0.175 e. The summed E-state index contributed by atoms with van der Waals surface area (Å²) in [5, 5.41) is 0. The maximum atomic E-state index is 11.8. The zero-order chi connectivity index (χ0) is 12.7. The quantitative estimate of drug-likeness (QED) is 0.697. The van der Waals surface area contributed by atoms with Crippen molar-refractivity contribution in [2.24, 2.45) is 0 Å². The van der Waals surface area contributed by atoms with E-state index in [4.69, 9.17) is 4.74 Å². The Balaban J connectivity index is 2.54. The van der Waals surface area contributed by atoms with E-state index >= 15 is 0 Å². The number of carbonyl (C=O) groups is 1. The van der Waals surface area contributed by atoms with Crippen molar-refractivity contribution in [2.75, 3.05) is 25.2 Å². The molecule has 1 aromatic rings. The Morgan fingerprint density at radius 2 is 1.94 bits per heavy atom. The third kappa shape index (κ3) is 4.79. The molecule has 3 nitrogen and oxygen atoms in total. The van der Waals surface area contributed by atoms with E-state index in [1.807, 2.05) is 12.1 Å². The lowest BCUT2D eigenvalue weighted by Gasteiger charge is -2.03. The van der Waals surface area contributed by atoms with Gasteiger partial charge in [0.05, 0.1) is 12.4 Å². The first-order chi connectivity index (χ1) is 8.17. The molecule has 0 aliphatic rings. The summed E-state index contributed by atoms with van der Waals surface area (Å²) in [5.74, 6) is 0.423. The molecule has 0 aliphatic carbocycles. The third-order valence-corrected chi connectivity index (χ3v) is 3.70. The van der Waals surface area contributed by atoms with Gasteiger partial charge in [0, 0.05) is 29.2 Å². The van der Waals surface area contributed by atoms with Gasteiger partial charge in [-0.05, 0) is 12.0 Å². The average Bonchev–Trinajstić information content (AvgIpc) is 2.36. The molecule has 0 aromatic heterocycles. The van der Waals surface area contributed by atoms with E-state index < -0.39 is 10.8 Å². The first-order valence-electron chi connectivity index (χ1n) is 5.63. The van der Waals surface area contributed by atoms with E-state index in [9.17, 15) is 9.00 Å². The molecule has 1 atom stereocenters. The monoisotopic (exact) mass is 254 g/mol. The summed E-state index contributed by atoms with van der Waals surface area (Å²) < 4.78 is 16.3. The molecule has 94 valence electrons. The summed E-state index contributed by atoms with van der Waals surface area (Å²) in [7, 11) is 0.426. The van der Waals surface area contributed by atoms with Gasteiger partial charge < -0.3 is 4.74 Å². The van der Waals surface area contributed by atoms with E-state index in [0.717, 1.165) is 6.42 Å². The van der Waals surface area contributed by atoms with Crippen LogP contribution in [0.1, 0.15) is 22.8 Å². The minimum atomic E-state index is -1.13. The van der Waals surface area contributed by atoms with Gasteiger partial charge >= 0.3 is 0 Å². The van der Waals surface area contributed by atoms with Gasteiger partial charge in [0.15, 0.2) is 5.78 Å². The second kappa shape index (κ2) is 7.35. The van der Waals surface area contributed by atoms with Crippen LogP contribution in [-0.4, -0.2) is 35.2 Å². The van der Waals surface area contributed by atoms with Gasteiger partial charge in [0.25, 0.3) is 0 Å². The summed E-state index contributed by atoms with van der Waals surface area (Å²) in [4.78, 5) is 11.8. The van der Waals surface area contributed by atoms with Crippen LogP contribution in [0.2, 0.25) is 0 Å². The van der Waals surface area contributed by atoms with Crippen molar-refractivity contribution in [1.82, 2.24) is 0 Å². The average molecular weight is 254 g/mol. The largest absolute Gasteiger partial charge is 0.384 e. The number of benzene rings is 1. The van der Waals surface area contributed by atoms with Crippen molar-refractivity contribution in [3.63, 3.8) is 0 Å². The van der Waals surface area contributed by atoms with E-state index in [1.54, 1.807) is 19.2 Å². The van der Waals surface area contributed by atoms with Crippen LogP contribution in [0.25, 0.3) is 0 Å². The van der Waals surface area contributed by atoms with Gasteiger partial charge in [-0.1, -0.05) is 31.2 Å². The molecular weight excluding hydrogens is 236 g/mol. The molecule has 17 heavy (non-hydrogen) atoms. The number of methoxy groups -OCH3 is 1. The zero-order valence-electron chi connectivity index (χ0n) is 10.3. The molecule has 1 rings (SSSR count). The van der Waals surface area contributed by atoms with Gasteiger partial charge in [-0.3, -0.25) is 9.00 Å². The fraction of sp³-hybridized carbons (Fsp3) is 0.462. The standard InChI is InChI=1S/C13H18O3S/c1-3-11-4-6-12(7-5-11)13(14)10-17(15)9-8-16-2/h4-7H,3,8-10H2,1-2H3. The third-order valence-electron chi connectivity index (χ3n) is 2.49. The number of rotatable bonds is 7. The van der Waals surface area contributed by atoms with E-state index in [0.29, 0.717) is 17.9 Å². The second-order valence-electron chi connectivity index (χ2n) is 3.75. The van der Waals surface area contributed by atoms with Crippen LogP contribution in [0, 0.1) is 0 Å². The number of hydrogen-bond acceptors (Lipinski definition) is 3. The normalized spacial score (nSPS) is 12.4. The number of carbonyl (C=O) groups excluding carboxylic acids is 1. The number of ether oxygens (including phenoxy) is 1. The van der Waals surface area contributed by atoms with Crippen LogP contribution < -0.4 is 0 Å². The molecule has 4 heteroatoms. The Hall–Kier alpha value is -1.00. The molecule has 0 N–H and O–H groups in total. The Morgan fingerprint density at radius 3 is 2.47 bits per heavy atom. The topological polar surface area (TPSA) is 43.4 Å². The Morgan fingerprint density at radius 1 is 1.29 bits per heavy atom. The molecule has 0 aliphatic heterocycles. The van der Waals surface area contributed by atoms with Crippen LogP contribution in [0.5, 0.6) is 0 Å². The van der Waals surface area contributed by atoms with Gasteiger partial charge in [-0.15, -0.1) is 0 Å². The summed E-state index contributed by atoms with van der Waals surface area (Å²) in [5.41, 5.74) is 1.83. The van der Waals surface area contributed by atoms with Gasteiger partial charge in [0.2, 0.25) is 0 Å². The van der Waals surface area contributed by atoms with Crippen molar-refractivity contribution in [2.45, 2.75) is 13.3 Å². The maximum absolute atomic E-state index is 11.8. The summed E-state index contributed by atoms with van der Waals surface area (Å²) in [6.07, 6.45) is 0.953. The Kier molecular flexibility index (Phi) is 6.08. The molecule has 0 heterocycles. The van der Waals surface area contributed by atoms with Crippen molar-refractivity contribution in [3.8, 4) is 0 Å². The van der Waals surface area contributed by atoms with E-state index in [-0.39, 0.29) is 11.5 Å². The SMILES string of the molecule is CCc1ccc(C(=O)CS(=O)CCOC)cc1. The van der Waals surface area contributed by atoms with Gasteiger partial charge in [-0.25, -0.2) is 0 Å². The van der Waals surface area contributed by atoms with Gasteiger partial charge in [-0.2, -0.15) is 0 Å². The molecule has 0 saturated heterocycles. The smallest absolute Gasteiger partial charge is 0.175 e. The molecule has 0 spiro atoms. The molecule has 0 bridgehead atoms. The summed E-state index contributed by atoms with van der Waals surface area (Å²) in [6.45, 7) is 2.49. The number of ketones is 1. The van der Waals surface area contributed by atoms with Crippen molar-refractivity contribution >= 4 is 16.6 Å². The lowest BCUT2D eigenvalue weighted by atomic mass is 10.1. The first kappa shape index (κ1) is 14.1. The molecule has 1 unspecified atom stereocenters. The molecule has 0 fully saturated rings. The van der Waals surface area contributed by atoms with Crippen LogP contribution in [0.3, 0.4) is 0 Å². The van der Waals surface area contributed by atoms with Crippen LogP contribution in [0.4, 0.5) is 0 Å². The highest BCUT2D eigenvalue weighted by Crippen LogP contribution is 2.06. The predicted molar refractivity (Wildman–Crippen MR) is 69.9 cm³/mol. The van der Waals surface area contributed by atoms with Crippen molar-refractivity contribution in [3.05, 3.63) is 35.4 Å². The minimum absolute atomic E-state index is 0.0675. The number of aryl methyl sites for hydroxylation is 1. The van der Waals surface area contributed by atoms with Crippen LogP contribution in [0.15, 0.2) is 24.3 Å². The summed E-state index contributed by atoms with van der Waals surface area (Å²) >= 11 is 0. The predicted octanol–water partition coefficient (Wildman–Crippen LogP) is 1.83. The highest BCUT2D eigenvalue weighted by atomic mass is 32.2. The van der Waals surface area contributed by atoms with E-state index in [2.05, 4.69) is 6.92 Å². The minimum Gasteiger partial charge on any atom is -0.384 e. The summed E-state index contributed by atoms with van der Waals surface area (Å²) in [6, 6.07) is 7.47. The molecule has 1 aromatic carbocycles. The molecule has 0 saturated carbocycles. The first-order valence-corrected chi connectivity index (χ1v) is 7.12. The lowest BCUT2D eigenvalue weighted by molar-refractivity contribution is 0.102. The van der Waals surface area contributed by atoms with Crippen LogP contribution >= 0.6 is 0 Å². The lowest BCUT2D eigenvalue weighted by Crippen LogP contribution is -2.15. The Bertz CT molecular complexity index is 384. The second-order valence-corrected chi connectivity index (χ2v) is 5.33. The molecule has 0 radical (unpaired) electrons. The highest BCUT2D eigenvalue weighted by molar-refractivity contribution is 7.85. The number of hydrogen-bond donors (Lipinski definition) is 0. The number of Topliss-reactive ketones (excluding diaryl/α,β-unsaturated/α-hetero) is 1.